The van der Waals surface area contributed by atoms with Gasteiger partial charge in [0.25, 0.3) is 0 Å². The molecule has 0 saturated carbocycles. The van der Waals surface area contributed by atoms with Crippen LogP contribution < -0.4 is 0 Å². The van der Waals surface area contributed by atoms with Crippen LogP contribution in [0, 0.1) is 11.6 Å². The van der Waals surface area contributed by atoms with Crippen LogP contribution >= 0.6 is 22.6 Å². The summed E-state index contributed by atoms with van der Waals surface area (Å²) in [6.07, 6.45) is 0. The molecule has 0 N–H and O–H groups in total. The van der Waals surface area contributed by atoms with Crippen LogP contribution in [0.25, 0.3) is 0 Å². The minimum Gasteiger partial charge on any atom is -0.457 e. The molecule has 0 bridgehead atoms. The van der Waals surface area contributed by atoms with Gasteiger partial charge >= 0.3 is 5.97 Å². The van der Waals surface area contributed by atoms with Crippen molar-refractivity contribution < 1.29 is 23.0 Å². The lowest BCUT2D eigenvalue weighted by atomic mass is 10.1. The molecule has 156 valence electrons. The van der Waals surface area contributed by atoms with Crippen LogP contribution in [-0.4, -0.2) is 18.5 Å². The molecular formula is C24H16F2INO3. The van der Waals surface area contributed by atoms with Crippen molar-refractivity contribution in [2.45, 2.75) is 6.04 Å². The van der Waals surface area contributed by atoms with E-state index in [2.05, 4.69) is 4.99 Å². The predicted molar refractivity (Wildman–Crippen MR) is 121 cm³/mol. The van der Waals surface area contributed by atoms with Gasteiger partial charge in [0.1, 0.15) is 30.0 Å². The second kappa shape index (κ2) is 9.38. The number of halogens is 3. The summed E-state index contributed by atoms with van der Waals surface area (Å²) in [5.74, 6) is -0.767. The average molecular weight is 531 g/mol. The molecule has 7 heteroatoms. The highest BCUT2D eigenvalue weighted by atomic mass is 127. The first-order chi connectivity index (χ1) is 15.0. The zero-order valence-electron chi connectivity index (χ0n) is 16.1. The number of aliphatic imine (C=N–C) groups is 1. The fourth-order valence-corrected chi connectivity index (χ4v) is 3.64. The zero-order valence-corrected chi connectivity index (χ0v) is 18.3. The topological polar surface area (TPSA) is 47.9 Å². The van der Waals surface area contributed by atoms with Crippen molar-refractivity contribution in [2.75, 3.05) is 6.61 Å². The zero-order chi connectivity index (χ0) is 21.8. The van der Waals surface area contributed by atoms with Crippen molar-refractivity contribution in [1.82, 2.24) is 0 Å². The highest BCUT2D eigenvalue weighted by Crippen LogP contribution is 2.37. The summed E-state index contributed by atoms with van der Waals surface area (Å²) < 4.78 is 39.0. The van der Waals surface area contributed by atoms with Crippen LogP contribution in [-0.2, 0) is 9.47 Å². The van der Waals surface area contributed by atoms with Gasteiger partial charge in [-0.3, -0.25) is 0 Å². The molecule has 0 fully saturated rings. The van der Waals surface area contributed by atoms with E-state index < -0.39 is 23.6 Å². The number of hydrogen-bond donors (Lipinski definition) is 0. The average Bonchev–Trinajstić information content (AvgIpc) is 3.23. The maximum Gasteiger partial charge on any atom is 0.338 e. The molecule has 0 aliphatic carbocycles. The molecule has 0 aromatic heterocycles. The maximum absolute atomic E-state index is 13.7. The summed E-state index contributed by atoms with van der Waals surface area (Å²) in [7, 11) is 0. The first-order valence-corrected chi connectivity index (χ1v) is 10.5. The molecule has 4 nitrogen and oxygen atoms in total. The largest absolute Gasteiger partial charge is 0.457 e. The molecule has 4 rings (SSSR count). The van der Waals surface area contributed by atoms with E-state index in [4.69, 9.17) is 9.47 Å². The number of rotatable bonds is 5. The molecule has 1 atom stereocenters. The molecule has 0 saturated heterocycles. The fraction of sp³-hybridized carbons (Fsp3) is 0.0833. The van der Waals surface area contributed by atoms with Crippen LogP contribution in [0.15, 0.2) is 93.2 Å². The van der Waals surface area contributed by atoms with Crippen molar-refractivity contribution in [3.63, 3.8) is 0 Å². The van der Waals surface area contributed by atoms with Crippen LogP contribution in [0.4, 0.5) is 8.78 Å². The van der Waals surface area contributed by atoms with Crippen molar-refractivity contribution in [3.05, 3.63) is 117 Å². The molecule has 1 aliphatic rings. The monoisotopic (exact) mass is 531 g/mol. The summed E-state index contributed by atoms with van der Waals surface area (Å²) in [6, 6.07) is 20.3. The number of benzene rings is 3. The smallest absolute Gasteiger partial charge is 0.338 e. The van der Waals surface area contributed by atoms with Gasteiger partial charge in [-0.05, 0) is 64.6 Å². The minimum absolute atomic E-state index is 0.0689. The van der Waals surface area contributed by atoms with E-state index in [1.807, 2.05) is 52.9 Å². The van der Waals surface area contributed by atoms with E-state index in [9.17, 15) is 13.6 Å². The third-order valence-electron chi connectivity index (χ3n) is 4.55. The third kappa shape index (κ3) is 4.99. The van der Waals surface area contributed by atoms with Gasteiger partial charge in [-0.25, -0.2) is 18.6 Å². The van der Waals surface area contributed by atoms with E-state index in [1.165, 1.54) is 30.3 Å². The molecule has 3 aromatic carbocycles. The van der Waals surface area contributed by atoms with E-state index in [0.717, 1.165) is 11.6 Å². The second-order valence-corrected chi connectivity index (χ2v) is 8.02. The lowest BCUT2D eigenvalue weighted by Gasteiger charge is -2.12. The number of ether oxygens (including phenoxy) is 2. The summed E-state index contributed by atoms with van der Waals surface area (Å²) >= 11 is 2.04. The van der Waals surface area contributed by atoms with Gasteiger partial charge in [0, 0.05) is 5.56 Å². The molecule has 1 aliphatic heterocycles. The Balaban J connectivity index is 1.60. The normalized spacial score (nSPS) is 17.0. The lowest BCUT2D eigenvalue weighted by molar-refractivity contribution is 0.0545. The van der Waals surface area contributed by atoms with Crippen molar-refractivity contribution in [3.8, 4) is 0 Å². The summed E-state index contributed by atoms with van der Waals surface area (Å²) in [4.78, 5) is 16.9. The Morgan fingerprint density at radius 3 is 2.39 bits per heavy atom. The van der Waals surface area contributed by atoms with E-state index in [1.54, 1.807) is 12.1 Å². The van der Waals surface area contributed by atoms with Gasteiger partial charge in [-0.1, -0.05) is 42.5 Å². The number of hydrogen-bond acceptors (Lipinski definition) is 4. The fourth-order valence-electron chi connectivity index (χ4n) is 3.08. The minimum atomic E-state index is -0.644. The Labute approximate surface area is 191 Å². The van der Waals surface area contributed by atoms with E-state index >= 15 is 0 Å². The Morgan fingerprint density at radius 1 is 0.968 bits per heavy atom. The van der Waals surface area contributed by atoms with E-state index in [0.29, 0.717) is 14.9 Å². The van der Waals surface area contributed by atoms with Gasteiger partial charge in [0.2, 0.25) is 5.90 Å². The Kier molecular flexibility index (Phi) is 6.41. The third-order valence-corrected chi connectivity index (χ3v) is 5.39. The van der Waals surface area contributed by atoms with Gasteiger partial charge in [0.05, 0.1) is 9.14 Å². The second-order valence-electron chi connectivity index (χ2n) is 6.72. The maximum atomic E-state index is 13.7. The number of carbonyl (C=O) groups is 1. The molecular weight excluding hydrogens is 515 g/mol. The molecule has 0 amide bonds. The van der Waals surface area contributed by atoms with Crippen LogP contribution in [0.1, 0.15) is 27.5 Å². The highest BCUT2D eigenvalue weighted by molar-refractivity contribution is 14.1. The van der Waals surface area contributed by atoms with Crippen molar-refractivity contribution in [1.29, 1.82) is 0 Å². The summed E-state index contributed by atoms with van der Waals surface area (Å²) in [5, 5.41) is 0. The number of nitrogens with zero attached hydrogens (tertiary/aromatic N) is 1. The molecule has 31 heavy (non-hydrogen) atoms. The lowest BCUT2D eigenvalue weighted by Crippen LogP contribution is -2.09. The summed E-state index contributed by atoms with van der Waals surface area (Å²) in [5.41, 5.74) is 1.52. The Bertz CT molecular complexity index is 1180. The molecule has 0 spiro atoms. The SMILES string of the molecule is O=C(OC/C(I)=C1\OC(c2cccc(F)c2)=NC1c1ccccc1)c1cccc(F)c1. The van der Waals surface area contributed by atoms with Gasteiger partial charge in [0.15, 0.2) is 0 Å². The van der Waals surface area contributed by atoms with Crippen LogP contribution in [0.5, 0.6) is 0 Å². The predicted octanol–water partition coefficient (Wildman–Crippen LogP) is 5.99. The van der Waals surface area contributed by atoms with Crippen LogP contribution in [0.3, 0.4) is 0 Å². The summed E-state index contributed by atoms with van der Waals surface area (Å²) in [6.45, 7) is -0.0689. The highest BCUT2D eigenvalue weighted by Gasteiger charge is 2.30. The molecule has 1 unspecified atom stereocenters. The van der Waals surface area contributed by atoms with Gasteiger partial charge in [-0.2, -0.15) is 0 Å². The van der Waals surface area contributed by atoms with Crippen molar-refractivity contribution in [2.24, 2.45) is 4.99 Å². The first-order valence-electron chi connectivity index (χ1n) is 9.39. The van der Waals surface area contributed by atoms with E-state index in [-0.39, 0.29) is 18.1 Å². The number of esters is 1. The van der Waals surface area contributed by atoms with Crippen LogP contribution in [0.2, 0.25) is 0 Å². The molecule has 1 heterocycles. The Morgan fingerprint density at radius 2 is 1.68 bits per heavy atom. The first kappa shape index (κ1) is 21.2. The Hall–Kier alpha value is -3.07. The standard InChI is InChI=1S/C24H16F2INO3/c25-18-10-4-8-16(12-18)23-28-21(15-6-2-1-3-7-15)22(31-23)20(27)14-30-24(29)17-9-5-11-19(26)13-17/h1-13,21H,14H2/b22-20+. The van der Waals surface area contributed by atoms with Gasteiger partial charge < -0.3 is 9.47 Å². The molecule has 0 radical (unpaired) electrons. The number of carbonyl (C=O) groups excluding carboxylic acids is 1. The quantitative estimate of drug-likeness (QED) is 0.301. The van der Waals surface area contributed by atoms with Crippen molar-refractivity contribution >= 4 is 34.5 Å². The van der Waals surface area contributed by atoms with Gasteiger partial charge in [-0.15, -0.1) is 0 Å². The molecule has 3 aromatic rings.